The summed E-state index contributed by atoms with van der Waals surface area (Å²) in [5.41, 5.74) is 0. The van der Waals surface area contributed by atoms with Gasteiger partial charge in [0.1, 0.15) is 0 Å². The number of unbranched alkanes of at least 4 members (excludes halogenated alkanes) is 11. The summed E-state index contributed by atoms with van der Waals surface area (Å²) in [6.45, 7) is 1.33. The molecule has 0 unspecified atom stereocenters. The summed E-state index contributed by atoms with van der Waals surface area (Å²) in [5, 5.41) is 0. The van der Waals surface area contributed by atoms with E-state index >= 15 is 0 Å². The van der Waals surface area contributed by atoms with Crippen molar-refractivity contribution in [2.75, 3.05) is 27.7 Å². The van der Waals surface area contributed by atoms with Crippen molar-refractivity contribution in [1.82, 2.24) is 0 Å². The Balaban J connectivity index is 2.99. The van der Waals surface area contributed by atoms with Gasteiger partial charge in [0.2, 0.25) is 0 Å². The predicted molar refractivity (Wildman–Crippen MR) is 93.0 cm³/mol. The Hall–Kier alpha value is 0.177. The molecular formula is C17H40NSi+. The lowest BCUT2D eigenvalue weighted by Crippen LogP contribution is -2.35. The van der Waals surface area contributed by atoms with Crippen LogP contribution in [0.1, 0.15) is 77.0 Å². The summed E-state index contributed by atoms with van der Waals surface area (Å²) in [5.74, 6) is 0. The summed E-state index contributed by atoms with van der Waals surface area (Å²) in [7, 11) is 8.29. The highest BCUT2D eigenvalue weighted by Gasteiger charge is 2.04. The average Bonchev–Trinajstić information content (AvgIpc) is 2.34. The van der Waals surface area contributed by atoms with E-state index in [4.69, 9.17) is 0 Å². The van der Waals surface area contributed by atoms with Crippen LogP contribution in [0.4, 0.5) is 0 Å². The monoisotopic (exact) mass is 286 g/mol. The molecule has 116 valence electrons. The van der Waals surface area contributed by atoms with Gasteiger partial charge in [0.25, 0.3) is 0 Å². The van der Waals surface area contributed by atoms with Gasteiger partial charge in [0, 0.05) is 10.2 Å². The van der Waals surface area contributed by atoms with Crippen molar-refractivity contribution in [3.8, 4) is 0 Å². The number of nitrogens with zero attached hydrogens (tertiary/aromatic N) is 1. The second-order valence-corrected chi connectivity index (χ2v) is 8.26. The fourth-order valence-electron chi connectivity index (χ4n) is 2.60. The van der Waals surface area contributed by atoms with E-state index in [1.807, 2.05) is 0 Å². The van der Waals surface area contributed by atoms with Crippen LogP contribution in [0.25, 0.3) is 0 Å². The van der Waals surface area contributed by atoms with E-state index in [0.29, 0.717) is 0 Å². The minimum Gasteiger partial charge on any atom is -0.331 e. The number of quaternary nitrogens is 1. The SMILES string of the molecule is C[N+](C)(C)CCCCCCCCCCCCCC[SiH3]. The van der Waals surface area contributed by atoms with Gasteiger partial charge < -0.3 is 4.48 Å². The Kier molecular flexibility index (Phi) is 13.3. The Morgan fingerprint density at radius 3 is 1.16 bits per heavy atom. The molecule has 0 heterocycles. The molecule has 0 radical (unpaired) electrons. The quantitative estimate of drug-likeness (QED) is 0.255. The standard InChI is InChI=1S/C17H40NSi/c1-18(2,3)16-14-12-10-8-6-4-5-7-9-11-13-15-17-19/h4-17H2,1-3,19H3/q+1. The van der Waals surface area contributed by atoms with Crippen LogP contribution in [0.15, 0.2) is 0 Å². The zero-order valence-electron chi connectivity index (χ0n) is 14.3. The second kappa shape index (κ2) is 13.2. The van der Waals surface area contributed by atoms with Crippen molar-refractivity contribution in [2.24, 2.45) is 0 Å². The Labute approximate surface area is 126 Å². The zero-order valence-corrected chi connectivity index (χ0v) is 16.3. The molecule has 0 bridgehead atoms. The zero-order chi connectivity index (χ0) is 14.4. The van der Waals surface area contributed by atoms with Gasteiger partial charge in [-0.25, -0.2) is 0 Å². The van der Waals surface area contributed by atoms with E-state index in [9.17, 15) is 0 Å². The van der Waals surface area contributed by atoms with Gasteiger partial charge in [-0.2, -0.15) is 0 Å². The molecule has 19 heavy (non-hydrogen) atoms. The number of hydrogen-bond donors (Lipinski definition) is 0. The van der Waals surface area contributed by atoms with E-state index in [-0.39, 0.29) is 0 Å². The smallest absolute Gasteiger partial charge is 0.0780 e. The van der Waals surface area contributed by atoms with Crippen LogP contribution in [0.2, 0.25) is 6.04 Å². The van der Waals surface area contributed by atoms with E-state index in [2.05, 4.69) is 21.1 Å². The van der Waals surface area contributed by atoms with Gasteiger partial charge in [-0.3, -0.25) is 0 Å². The van der Waals surface area contributed by atoms with Gasteiger partial charge in [-0.1, -0.05) is 70.3 Å². The van der Waals surface area contributed by atoms with E-state index in [1.54, 1.807) is 0 Å². The first-order chi connectivity index (χ1) is 9.06. The highest BCUT2D eigenvalue weighted by molar-refractivity contribution is 6.08. The molecule has 0 spiro atoms. The van der Waals surface area contributed by atoms with Crippen molar-refractivity contribution < 1.29 is 4.48 Å². The maximum absolute atomic E-state index is 2.29. The van der Waals surface area contributed by atoms with Gasteiger partial charge in [-0.15, -0.1) is 0 Å². The summed E-state index contributed by atoms with van der Waals surface area (Å²) in [4.78, 5) is 0. The molecule has 0 aliphatic carbocycles. The normalized spacial score (nSPS) is 12.2. The van der Waals surface area contributed by atoms with E-state index in [0.717, 1.165) is 4.48 Å². The Morgan fingerprint density at radius 1 is 0.526 bits per heavy atom. The summed E-state index contributed by atoms with van der Waals surface area (Å²) < 4.78 is 1.13. The molecule has 1 nitrogen and oxygen atoms in total. The third kappa shape index (κ3) is 18.2. The molecule has 0 aliphatic heterocycles. The molecule has 0 saturated carbocycles. The first kappa shape index (κ1) is 19.2. The minimum atomic E-state index is 1.13. The Bertz CT molecular complexity index is 175. The minimum absolute atomic E-state index is 1.13. The summed E-state index contributed by atoms with van der Waals surface area (Å²) >= 11 is 0. The molecule has 0 amide bonds. The molecule has 0 N–H and O–H groups in total. The van der Waals surface area contributed by atoms with Crippen molar-refractivity contribution >= 4 is 10.2 Å². The van der Waals surface area contributed by atoms with Crippen LogP contribution in [0.5, 0.6) is 0 Å². The molecule has 0 aromatic rings. The average molecular weight is 287 g/mol. The fraction of sp³-hybridized carbons (Fsp3) is 1.00. The van der Waals surface area contributed by atoms with E-state index in [1.165, 1.54) is 99.9 Å². The maximum Gasteiger partial charge on any atom is 0.0780 e. The van der Waals surface area contributed by atoms with Crippen molar-refractivity contribution in [3.05, 3.63) is 0 Å². The lowest BCUT2D eigenvalue weighted by atomic mass is 10.1. The molecule has 0 aromatic heterocycles. The molecule has 0 aromatic carbocycles. The first-order valence-electron chi connectivity index (χ1n) is 8.86. The van der Waals surface area contributed by atoms with Crippen LogP contribution >= 0.6 is 0 Å². The third-order valence-corrected chi connectivity index (χ3v) is 4.64. The van der Waals surface area contributed by atoms with E-state index < -0.39 is 0 Å². The summed E-state index contributed by atoms with van der Waals surface area (Å²) in [6, 6.07) is 1.51. The maximum atomic E-state index is 2.29. The largest absolute Gasteiger partial charge is 0.331 e. The predicted octanol–water partition coefficient (Wildman–Crippen LogP) is 4.16. The fourth-order valence-corrected chi connectivity index (χ4v) is 3.10. The molecule has 0 rings (SSSR count). The molecule has 0 atom stereocenters. The van der Waals surface area contributed by atoms with Gasteiger partial charge in [0.15, 0.2) is 0 Å². The van der Waals surface area contributed by atoms with Crippen molar-refractivity contribution in [2.45, 2.75) is 83.1 Å². The molecule has 0 fully saturated rings. The number of rotatable bonds is 14. The second-order valence-electron chi connectivity index (χ2n) is 7.26. The molecule has 0 aliphatic rings. The van der Waals surface area contributed by atoms with Crippen LogP contribution in [0.3, 0.4) is 0 Å². The highest BCUT2D eigenvalue weighted by Crippen LogP contribution is 2.12. The van der Waals surface area contributed by atoms with Crippen LogP contribution in [0, 0.1) is 0 Å². The lowest BCUT2D eigenvalue weighted by molar-refractivity contribution is -0.870. The van der Waals surface area contributed by atoms with Crippen molar-refractivity contribution in [1.29, 1.82) is 0 Å². The van der Waals surface area contributed by atoms with Gasteiger partial charge in [0.05, 0.1) is 27.7 Å². The molecule has 2 heteroatoms. The first-order valence-corrected chi connectivity index (χ1v) is 10.3. The van der Waals surface area contributed by atoms with Gasteiger partial charge in [-0.05, 0) is 12.8 Å². The highest BCUT2D eigenvalue weighted by atomic mass is 28.1. The third-order valence-electron chi connectivity index (χ3n) is 3.93. The molecular weight excluding hydrogens is 246 g/mol. The molecule has 0 saturated heterocycles. The van der Waals surface area contributed by atoms with Crippen LogP contribution < -0.4 is 0 Å². The van der Waals surface area contributed by atoms with Crippen molar-refractivity contribution in [3.63, 3.8) is 0 Å². The van der Waals surface area contributed by atoms with Crippen LogP contribution in [-0.2, 0) is 0 Å². The summed E-state index contributed by atoms with van der Waals surface area (Å²) in [6.07, 6.45) is 17.7. The topological polar surface area (TPSA) is 0 Å². The van der Waals surface area contributed by atoms with Crippen LogP contribution in [-0.4, -0.2) is 42.4 Å². The Morgan fingerprint density at radius 2 is 0.842 bits per heavy atom. The van der Waals surface area contributed by atoms with Gasteiger partial charge >= 0.3 is 0 Å². The lowest BCUT2D eigenvalue weighted by Gasteiger charge is -2.23. The number of hydrogen-bond acceptors (Lipinski definition) is 0.